The molecule has 2 N–H and O–H groups in total. The van der Waals surface area contributed by atoms with Crippen LogP contribution in [0.1, 0.15) is 27.2 Å². The second-order valence-corrected chi connectivity index (χ2v) is 5.45. The SMILES string of the molecule is CC(C(=O)O)N1CCN(CCC(C)(C)O)CC1. The maximum atomic E-state index is 10.8. The Bertz CT molecular complexity index is 255. The van der Waals surface area contributed by atoms with Gasteiger partial charge in [0, 0.05) is 32.7 Å². The third-order valence-corrected chi connectivity index (χ3v) is 3.35. The van der Waals surface area contributed by atoms with Crippen LogP contribution in [0.25, 0.3) is 0 Å². The Morgan fingerprint density at radius 2 is 1.82 bits per heavy atom. The van der Waals surface area contributed by atoms with E-state index < -0.39 is 17.6 Å². The molecule has 1 aliphatic heterocycles. The van der Waals surface area contributed by atoms with Crippen molar-refractivity contribution in [2.45, 2.75) is 38.8 Å². The van der Waals surface area contributed by atoms with Gasteiger partial charge in [0.1, 0.15) is 6.04 Å². The molecular formula is C12H24N2O3. The number of hydrogen-bond donors (Lipinski definition) is 2. The van der Waals surface area contributed by atoms with Crippen molar-refractivity contribution in [3.63, 3.8) is 0 Å². The Kier molecular flexibility index (Phi) is 4.91. The Morgan fingerprint density at radius 1 is 1.29 bits per heavy atom. The van der Waals surface area contributed by atoms with Crippen LogP contribution in [0.3, 0.4) is 0 Å². The fourth-order valence-electron chi connectivity index (χ4n) is 1.96. The molecule has 5 heteroatoms. The molecule has 0 amide bonds. The van der Waals surface area contributed by atoms with Crippen LogP contribution in [0.15, 0.2) is 0 Å². The first-order valence-corrected chi connectivity index (χ1v) is 6.21. The molecule has 1 fully saturated rings. The molecule has 1 saturated heterocycles. The maximum Gasteiger partial charge on any atom is 0.320 e. The van der Waals surface area contributed by atoms with E-state index in [2.05, 4.69) is 4.90 Å². The van der Waals surface area contributed by atoms with Gasteiger partial charge in [0.25, 0.3) is 0 Å². The van der Waals surface area contributed by atoms with Crippen LogP contribution < -0.4 is 0 Å². The molecule has 17 heavy (non-hydrogen) atoms. The van der Waals surface area contributed by atoms with Crippen molar-refractivity contribution < 1.29 is 15.0 Å². The van der Waals surface area contributed by atoms with Crippen molar-refractivity contribution in [2.75, 3.05) is 32.7 Å². The van der Waals surface area contributed by atoms with E-state index in [1.165, 1.54) is 0 Å². The fourth-order valence-corrected chi connectivity index (χ4v) is 1.96. The smallest absolute Gasteiger partial charge is 0.320 e. The van der Waals surface area contributed by atoms with Crippen molar-refractivity contribution in [1.82, 2.24) is 9.80 Å². The topological polar surface area (TPSA) is 64.0 Å². The third-order valence-electron chi connectivity index (χ3n) is 3.35. The average Bonchev–Trinajstić information content (AvgIpc) is 2.25. The molecule has 100 valence electrons. The zero-order chi connectivity index (χ0) is 13.1. The van der Waals surface area contributed by atoms with Gasteiger partial charge in [-0.2, -0.15) is 0 Å². The Morgan fingerprint density at radius 3 is 2.24 bits per heavy atom. The van der Waals surface area contributed by atoms with Crippen molar-refractivity contribution in [1.29, 1.82) is 0 Å². The summed E-state index contributed by atoms with van der Waals surface area (Å²) in [6.45, 7) is 9.58. The van der Waals surface area contributed by atoms with Gasteiger partial charge >= 0.3 is 5.97 Å². The number of piperazine rings is 1. The summed E-state index contributed by atoms with van der Waals surface area (Å²) in [5.74, 6) is -0.755. The van der Waals surface area contributed by atoms with Crippen molar-refractivity contribution in [3.8, 4) is 0 Å². The molecule has 1 heterocycles. The summed E-state index contributed by atoms with van der Waals surface area (Å²) in [7, 11) is 0. The lowest BCUT2D eigenvalue weighted by Gasteiger charge is -2.37. The summed E-state index contributed by atoms with van der Waals surface area (Å²) in [5, 5.41) is 18.6. The molecule has 1 aliphatic rings. The monoisotopic (exact) mass is 244 g/mol. The van der Waals surface area contributed by atoms with Crippen molar-refractivity contribution in [2.24, 2.45) is 0 Å². The quantitative estimate of drug-likeness (QED) is 0.725. The number of carboxylic acid groups (broad SMARTS) is 1. The zero-order valence-corrected chi connectivity index (χ0v) is 11.0. The van der Waals surface area contributed by atoms with E-state index in [0.29, 0.717) is 0 Å². The van der Waals surface area contributed by atoms with E-state index in [-0.39, 0.29) is 0 Å². The molecule has 1 unspecified atom stereocenters. The molecule has 0 spiro atoms. The van der Waals surface area contributed by atoms with E-state index >= 15 is 0 Å². The first-order chi connectivity index (χ1) is 7.79. The van der Waals surface area contributed by atoms with E-state index in [4.69, 9.17) is 5.11 Å². The van der Waals surface area contributed by atoms with Crippen LogP contribution in [0.4, 0.5) is 0 Å². The maximum absolute atomic E-state index is 10.8. The largest absolute Gasteiger partial charge is 0.480 e. The summed E-state index contributed by atoms with van der Waals surface area (Å²) in [5.41, 5.74) is -0.620. The standard InChI is InChI=1S/C12H24N2O3/c1-10(11(15)16)14-8-6-13(7-9-14)5-4-12(2,3)17/h10,17H,4-9H2,1-3H3,(H,15,16). The second-order valence-electron chi connectivity index (χ2n) is 5.45. The number of carbonyl (C=O) groups is 1. The van der Waals surface area contributed by atoms with Crippen molar-refractivity contribution in [3.05, 3.63) is 0 Å². The zero-order valence-electron chi connectivity index (χ0n) is 11.0. The molecular weight excluding hydrogens is 220 g/mol. The summed E-state index contributed by atoms with van der Waals surface area (Å²) >= 11 is 0. The number of nitrogens with zero attached hydrogens (tertiary/aromatic N) is 2. The Balaban J connectivity index is 2.29. The lowest BCUT2D eigenvalue weighted by Crippen LogP contribution is -2.52. The molecule has 0 aromatic rings. The summed E-state index contributed by atoms with van der Waals surface area (Å²) < 4.78 is 0. The normalized spacial score (nSPS) is 21.4. The van der Waals surface area contributed by atoms with E-state index in [0.717, 1.165) is 39.1 Å². The van der Waals surface area contributed by atoms with Crippen LogP contribution in [-0.4, -0.2) is 70.3 Å². The van der Waals surface area contributed by atoms with Gasteiger partial charge < -0.3 is 15.1 Å². The predicted molar refractivity (Wildman–Crippen MR) is 66.0 cm³/mol. The van der Waals surface area contributed by atoms with Gasteiger partial charge in [0.15, 0.2) is 0 Å². The highest BCUT2D eigenvalue weighted by atomic mass is 16.4. The molecule has 0 radical (unpaired) electrons. The van der Waals surface area contributed by atoms with Crippen LogP contribution in [0.5, 0.6) is 0 Å². The first kappa shape index (κ1) is 14.4. The highest BCUT2D eigenvalue weighted by Crippen LogP contribution is 2.11. The number of rotatable bonds is 5. The van der Waals surface area contributed by atoms with E-state index in [1.54, 1.807) is 6.92 Å². The molecule has 0 saturated carbocycles. The molecule has 0 aromatic carbocycles. The molecule has 5 nitrogen and oxygen atoms in total. The predicted octanol–water partition coefficient (Wildman–Crippen LogP) is 0.238. The van der Waals surface area contributed by atoms with Gasteiger partial charge in [0.2, 0.25) is 0 Å². The number of carboxylic acids is 1. The molecule has 0 aromatic heterocycles. The van der Waals surface area contributed by atoms with Gasteiger partial charge in [-0.1, -0.05) is 0 Å². The Labute approximate surface area is 103 Å². The summed E-state index contributed by atoms with van der Waals surface area (Å²) in [6.07, 6.45) is 0.751. The Hall–Kier alpha value is -0.650. The highest BCUT2D eigenvalue weighted by molar-refractivity contribution is 5.72. The van der Waals surface area contributed by atoms with E-state index in [1.807, 2.05) is 18.7 Å². The van der Waals surface area contributed by atoms with Crippen molar-refractivity contribution >= 4 is 5.97 Å². The minimum Gasteiger partial charge on any atom is -0.480 e. The third kappa shape index (κ3) is 5.02. The van der Waals surface area contributed by atoms with Crippen LogP contribution in [0, 0.1) is 0 Å². The number of aliphatic hydroxyl groups is 1. The molecule has 1 rings (SSSR count). The van der Waals surface area contributed by atoms with Gasteiger partial charge in [0.05, 0.1) is 5.60 Å². The van der Waals surface area contributed by atoms with Gasteiger partial charge in [-0.25, -0.2) is 0 Å². The molecule has 0 aliphatic carbocycles. The highest BCUT2D eigenvalue weighted by Gasteiger charge is 2.25. The van der Waals surface area contributed by atoms with Gasteiger partial charge in [-0.05, 0) is 27.2 Å². The lowest BCUT2D eigenvalue weighted by molar-refractivity contribution is -0.143. The second kappa shape index (κ2) is 5.80. The fraction of sp³-hybridized carbons (Fsp3) is 0.917. The van der Waals surface area contributed by atoms with Crippen LogP contribution in [-0.2, 0) is 4.79 Å². The van der Waals surface area contributed by atoms with Crippen LogP contribution in [0.2, 0.25) is 0 Å². The number of aliphatic carboxylic acids is 1. The van der Waals surface area contributed by atoms with Crippen LogP contribution >= 0.6 is 0 Å². The van der Waals surface area contributed by atoms with Gasteiger partial charge in [-0.15, -0.1) is 0 Å². The number of hydrogen-bond acceptors (Lipinski definition) is 4. The molecule has 1 atom stereocenters. The van der Waals surface area contributed by atoms with E-state index in [9.17, 15) is 9.90 Å². The average molecular weight is 244 g/mol. The first-order valence-electron chi connectivity index (χ1n) is 6.21. The summed E-state index contributed by atoms with van der Waals surface area (Å²) in [6, 6.07) is -0.397. The minimum absolute atomic E-state index is 0.397. The molecule has 0 bridgehead atoms. The lowest BCUT2D eigenvalue weighted by atomic mass is 10.1. The van der Waals surface area contributed by atoms with Gasteiger partial charge in [-0.3, -0.25) is 9.69 Å². The minimum atomic E-state index is -0.755. The summed E-state index contributed by atoms with van der Waals surface area (Å²) in [4.78, 5) is 15.1.